The molecule has 7 heteroatoms. The summed E-state index contributed by atoms with van der Waals surface area (Å²) >= 11 is 0. The highest BCUT2D eigenvalue weighted by atomic mass is 16.5. The van der Waals surface area contributed by atoms with Crippen LogP contribution in [0.3, 0.4) is 0 Å². The molecular formula is C14H18N4O3. The van der Waals surface area contributed by atoms with E-state index in [1.165, 1.54) is 6.33 Å². The van der Waals surface area contributed by atoms with Gasteiger partial charge in [0.2, 0.25) is 5.91 Å². The lowest BCUT2D eigenvalue weighted by atomic mass is 10.3. The summed E-state index contributed by atoms with van der Waals surface area (Å²) in [5.74, 6) is 2.19. The van der Waals surface area contributed by atoms with Crippen LogP contribution in [0.5, 0.6) is 11.5 Å². The highest BCUT2D eigenvalue weighted by Crippen LogP contribution is 2.16. The summed E-state index contributed by atoms with van der Waals surface area (Å²) in [4.78, 5) is 15.6. The monoisotopic (exact) mass is 290 g/mol. The average Bonchev–Trinajstić information content (AvgIpc) is 3.01. The lowest BCUT2D eigenvalue weighted by molar-refractivity contribution is -0.121. The summed E-state index contributed by atoms with van der Waals surface area (Å²) in [6.07, 6.45) is 2.38. The molecule has 0 spiro atoms. The van der Waals surface area contributed by atoms with Gasteiger partial charge in [-0.25, -0.2) is 4.98 Å². The van der Waals surface area contributed by atoms with E-state index < -0.39 is 0 Å². The van der Waals surface area contributed by atoms with E-state index in [0.717, 1.165) is 11.6 Å². The van der Waals surface area contributed by atoms with Gasteiger partial charge >= 0.3 is 0 Å². The van der Waals surface area contributed by atoms with Crippen molar-refractivity contribution >= 4 is 5.91 Å². The van der Waals surface area contributed by atoms with Gasteiger partial charge in [-0.05, 0) is 24.3 Å². The zero-order chi connectivity index (χ0) is 14.9. The standard InChI is InChI=1S/C14H18N4O3/c1-20-11-2-4-12(5-3-11)21-9-7-14(19)15-8-6-13-16-10-17-18-13/h2-5,10H,6-9H2,1H3,(H,15,19)(H,16,17,18). The van der Waals surface area contributed by atoms with Gasteiger partial charge in [-0.15, -0.1) is 0 Å². The van der Waals surface area contributed by atoms with E-state index in [-0.39, 0.29) is 5.91 Å². The molecule has 112 valence electrons. The van der Waals surface area contributed by atoms with Gasteiger partial charge in [0, 0.05) is 13.0 Å². The normalized spacial score (nSPS) is 10.1. The molecule has 2 rings (SSSR count). The number of ether oxygens (including phenoxy) is 2. The van der Waals surface area contributed by atoms with E-state index >= 15 is 0 Å². The highest BCUT2D eigenvalue weighted by molar-refractivity contribution is 5.75. The van der Waals surface area contributed by atoms with Crippen LogP contribution in [0.2, 0.25) is 0 Å². The first-order chi connectivity index (χ1) is 10.3. The summed E-state index contributed by atoms with van der Waals surface area (Å²) in [5, 5.41) is 9.27. The number of aromatic amines is 1. The van der Waals surface area contributed by atoms with Crippen molar-refractivity contribution in [1.82, 2.24) is 20.5 Å². The summed E-state index contributed by atoms with van der Waals surface area (Å²) in [6, 6.07) is 7.24. The molecule has 0 atom stereocenters. The number of rotatable bonds is 8. The topological polar surface area (TPSA) is 89.1 Å². The number of nitrogens with one attached hydrogen (secondary N) is 2. The van der Waals surface area contributed by atoms with E-state index in [4.69, 9.17) is 9.47 Å². The number of carbonyl (C=O) groups excluding carboxylic acids is 1. The number of nitrogens with zero attached hydrogens (tertiary/aromatic N) is 2. The Bertz CT molecular complexity index is 540. The maximum absolute atomic E-state index is 11.6. The molecule has 0 saturated carbocycles. The fourth-order valence-corrected chi connectivity index (χ4v) is 1.69. The van der Waals surface area contributed by atoms with Crippen LogP contribution >= 0.6 is 0 Å². The quantitative estimate of drug-likeness (QED) is 0.755. The van der Waals surface area contributed by atoms with Crippen LogP contribution < -0.4 is 14.8 Å². The fourth-order valence-electron chi connectivity index (χ4n) is 1.69. The Labute approximate surface area is 122 Å². The first kappa shape index (κ1) is 14.8. The van der Waals surface area contributed by atoms with Gasteiger partial charge in [0.25, 0.3) is 0 Å². The fraction of sp³-hybridized carbons (Fsp3) is 0.357. The maximum Gasteiger partial charge on any atom is 0.223 e. The molecule has 1 amide bonds. The predicted octanol–water partition coefficient (Wildman–Crippen LogP) is 0.941. The molecule has 1 heterocycles. The van der Waals surface area contributed by atoms with Gasteiger partial charge in [0.05, 0.1) is 20.1 Å². The molecule has 2 N–H and O–H groups in total. The van der Waals surface area contributed by atoms with Gasteiger partial charge in [0.1, 0.15) is 23.7 Å². The summed E-state index contributed by atoms with van der Waals surface area (Å²) in [5.41, 5.74) is 0. The van der Waals surface area contributed by atoms with Crippen molar-refractivity contribution in [2.24, 2.45) is 0 Å². The first-order valence-corrected chi connectivity index (χ1v) is 6.65. The van der Waals surface area contributed by atoms with E-state index in [0.29, 0.717) is 31.7 Å². The maximum atomic E-state index is 11.6. The zero-order valence-electron chi connectivity index (χ0n) is 11.8. The van der Waals surface area contributed by atoms with Crippen LogP contribution in [-0.4, -0.2) is 41.3 Å². The Morgan fingerprint density at radius 2 is 2.05 bits per heavy atom. The zero-order valence-corrected chi connectivity index (χ0v) is 11.8. The molecule has 0 radical (unpaired) electrons. The minimum absolute atomic E-state index is 0.0528. The van der Waals surface area contributed by atoms with Crippen molar-refractivity contribution in [3.8, 4) is 11.5 Å². The second kappa shape index (κ2) is 7.88. The minimum Gasteiger partial charge on any atom is -0.497 e. The lowest BCUT2D eigenvalue weighted by Gasteiger charge is -2.07. The summed E-state index contributed by atoms with van der Waals surface area (Å²) < 4.78 is 10.5. The van der Waals surface area contributed by atoms with Crippen LogP contribution in [0.4, 0.5) is 0 Å². The number of aromatic nitrogens is 3. The van der Waals surface area contributed by atoms with Crippen molar-refractivity contribution in [2.75, 3.05) is 20.3 Å². The van der Waals surface area contributed by atoms with Crippen molar-refractivity contribution < 1.29 is 14.3 Å². The van der Waals surface area contributed by atoms with Crippen LogP contribution in [0, 0.1) is 0 Å². The molecule has 7 nitrogen and oxygen atoms in total. The molecule has 0 bridgehead atoms. The summed E-state index contributed by atoms with van der Waals surface area (Å²) in [7, 11) is 1.61. The molecule has 0 saturated heterocycles. The third-order valence-corrected chi connectivity index (χ3v) is 2.81. The Morgan fingerprint density at radius 3 is 2.71 bits per heavy atom. The third kappa shape index (κ3) is 5.13. The average molecular weight is 290 g/mol. The Hall–Kier alpha value is -2.57. The van der Waals surface area contributed by atoms with E-state index in [1.807, 2.05) is 12.1 Å². The second-order valence-corrected chi connectivity index (χ2v) is 4.31. The molecular weight excluding hydrogens is 272 g/mol. The number of benzene rings is 1. The van der Waals surface area contributed by atoms with Crippen molar-refractivity contribution in [3.63, 3.8) is 0 Å². The number of H-pyrrole nitrogens is 1. The molecule has 0 fully saturated rings. The largest absolute Gasteiger partial charge is 0.497 e. The lowest BCUT2D eigenvalue weighted by Crippen LogP contribution is -2.27. The molecule has 1 aromatic heterocycles. The summed E-state index contributed by atoms with van der Waals surface area (Å²) in [6.45, 7) is 0.858. The Kier molecular flexibility index (Phi) is 5.57. The SMILES string of the molecule is COc1ccc(OCCC(=O)NCCc2ncn[nH]2)cc1. The van der Waals surface area contributed by atoms with Gasteiger partial charge in [-0.3, -0.25) is 9.89 Å². The number of hydrogen-bond donors (Lipinski definition) is 2. The van der Waals surface area contributed by atoms with E-state index in [2.05, 4.69) is 20.5 Å². The Morgan fingerprint density at radius 1 is 1.29 bits per heavy atom. The van der Waals surface area contributed by atoms with Gasteiger partial charge in [0.15, 0.2) is 0 Å². The van der Waals surface area contributed by atoms with Gasteiger partial charge in [-0.2, -0.15) is 5.10 Å². The molecule has 21 heavy (non-hydrogen) atoms. The molecule has 1 aromatic carbocycles. The van der Waals surface area contributed by atoms with E-state index in [1.54, 1.807) is 19.2 Å². The second-order valence-electron chi connectivity index (χ2n) is 4.31. The Balaban J connectivity index is 1.60. The van der Waals surface area contributed by atoms with Crippen LogP contribution in [0.25, 0.3) is 0 Å². The van der Waals surface area contributed by atoms with E-state index in [9.17, 15) is 4.79 Å². The first-order valence-electron chi connectivity index (χ1n) is 6.65. The van der Waals surface area contributed by atoms with Crippen molar-refractivity contribution in [2.45, 2.75) is 12.8 Å². The predicted molar refractivity (Wildman–Crippen MR) is 76.2 cm³/mol. The van der Waals surface area contributed by atoms with Gasteiger partial charge < -0.3 is 14.8 Å². The van der Waals surface area contributed by atoms with Crippen LogP contribution in [0.1, 0.15) is 12.2 Å². The number of carbonyl (C=O) groups is 1. The number of methoxy groups -OCH3 is 1. The van der Waals surface area contributed by atoms with Crippen LogP contribution in [-0.2, 0) is 11.2 Å². The molecule has 2 aromatic rings. The minimum atomic E-state index is -0.0528. The molecule has 0 aliphatic carbocycles. The third-order valence-electron chi connectivity index (χ3n) is 2.81. The number of amides is 1. The highest BCUT2D eigenvalue weighted by Gasteiger charge is 2.03. The number of hydrogen-bond acceptors (Lipinski definition) is 5. The van der Waals surface area contributed by atoms with Crippen molar-refractivity contribution in [1.29, 1.82) is 0 Å². The molecule has 0 aliphatic heterocycles. The molecule has 0 aliphatic rings. The van der Waals surface area contributed by atoms with Crippen molar-refractivity contribution in [3.05, 3.63) is 36.4 Å². The smallest absolute Gasteiger partial charge is 0.223 e. The van der Waals surface area contributed by atoms with Crippen LogP contribution in [0.15, 0.2) is 30.6 Å². The van der Waals surface area contributed by atoms with Gasteiger partial charge in [-0.1, -0.05) is 0 Å². The molecule has 0 unspecified atom stereocenters.